The molecule has 0 radical (unpaired) electrons. The maximum atomic E-state index is 12.5. The topological polar surface area (TPSA) is 56.8 Å². The highest BCUT2D eigenvalue weighted by atomic mass is 16.7. The Bertz CT molecular complexity index is 772. The molecule has 3 rings (SSSR count). The molecule has 1 aliphatic rings. The van der Waals surface area contributed by atoms with Gasteiger partial charge in [-0.1, -0.05) is 25.1 Å². The van der Waals surface area contributed by atoms with Crippen molar-refractivity contribution in [2.24, 2.45) is 0 Å². The fourth-order valence-electron chi connectivity index (χ4n) is 2.66. The molecule has 1 N–H and O–H groups in total. The highest BCUT2D eigenvalue weighted by Crippen LogP contribution is 2.32. The molecule has 0 unspecified atom stereocenters. The van der Waals surface area contributed by atoms with Gasteiger partial charge in [-0.2, -0.15) is 0 Å². The summed E-state index contributed by atoms with van der Waals surface area (Å²) in [6.07, 6.45) is 0.0786. The minimum Gasteiger partial charge on any atom is -0.480 e. The van der Waals surface area contributed by atoms with Gasteiger partial charge < -0.3 is 19.5 Å². The summed E-state index contributed by atoms with van der Waals surface area (Å²) in [5, 5.41) is 2.94. The number of carbonyl (C=O) groups excluding carboxylic acids is 1. The van der Waals surface area contributed by atoms with E-state index < -0.39 is 6.10 Å². The van der Waals surface area contributed by atoms with Crippen molar-refractivity contribution < 1.29 is 19.0 Å². The number of carbonyl (C=O) groups is 1. The first-order valence-electron chi connectivity index (χ1n) is 8.47. The Morgan fingerprint density at radius 3 is 2.76 bits per heavy atom. The number of ether oxygens (including phenoxy) is 3. The van der Waals surface area contributed by atoms with Crippen LogP contribution in [-0.4, -0.2) is 18.8 Å². The maximum Gasteiger partial charge on any atom is 0.261 e. The first-order valence-corrected chi connectivity index (χ1v) is 8.47. The van der Waals surface area contributed by atoms with Crippen molar-refractivity contribution in [2.45, 2.75) is 39.8 Å². The SMILES string of the molecule is CC[C@H](Oc1cc(C)ccc1C)C(=O)NCc1ccc2c(c1)OCO2. The lowest BCUT2D eigenvalue weighted by molar-refractivity contribution is -0.128. The van der Waals surface area contributed by atoms with E-state index in [1.165, 1.54) is 0 Å². The molecule has 2 aromatic carbocycles. The molecule has 0 bridgehead atoms. The third-order valence-electron chi connectivity index (χ3n) is 4.18. The lowest BCUT2D eigenvalue weighted by Crippen LogP contribution is -2.37. The van der Waals surface area contributed by atoms with Crippen molar-refractivity contribution in [3.05, 3.63) is 53.1 Å². The predicted octanol–water partition coefficient (Wildman–Crippen LogP) is 3.51. The van der Waals surface area contributed by atoms with Crippen LogP contribution in [0.15, 0.2) is 36.4 Å². The smallest absolute Gasteiger partial charge is 0.261 e. The third kappa shape index (κ3) is 4.05. The zero-order valence-electron chi connectivity index (χ0n) is 14.8. The molecule has 132 valence electrons. The highest BCUT2D eigenvalue weighted by molar-refractivity contribution is 5.81. The van der Waals surface area contributed by atoms with E-state index in [2.05, 4.69) is 5.32 Å². The number of rotatable bonds is 6. The lowest BCUT2D eigenvalue weighted by Gasteiger charge is -2.19. The summed E-state index contributed by atoms with van der Waals surface area (Å²) in [7, 11) is 0. The van der Waals surface area contributed by atoms with Crippen LogP contribution in [0.1, 0.15) is 30.0 Å². The van der Waals surface area contributed by atoms with Crippen molar-refractivity contribution >= 4 is 5.91 Å². The van der Waals surface area contributed by atoms with Gasteiger partial charge in [0.05, 0.1) is 0 Å². The van der Waals surface area contributed by atoms with Crippen LogP contribution in [0.3, 0.4) is 0 Å². The van der Waals surface area contributed by atoms with E-state index in [9.17, 15) is 4.79 Å². The summed E-state index contributed by atoms with van der Waals surface area (Å²) in [6.45, 7) is 6.59. The van der Waals surface area contributed by atoms with Crippen LogP contribution in [0.4, 0.5) is 0 Å². The number of hydrogen-bond donors (Lipinski definition) is 1. The minimum absolute atomic E-state index is 0.124. The van der Waals surface area contributed by atoms with Gasteiger partial charge in [0, 0.05) is 6.54 Å². The number of benzene rings is 2. The second kappa shape index (κ2) is 7.47. The maximum absolute atomic E-state index is 12.5. The molecule has 25 heavy (non-hydrogen) atoms. The first-order chi connectivity index (χ1) is 12.1. The van der Waals surface area contributed by atoms with Gasteiger partial charge in [-0.25, -0.2) is 0 Å². The molecule has 1 atom stereocenters. The summed E-state index contributed by atoms with van der Waals surface area (Å²) in [5.41, 5.74) is 3.09. The van der Waals surface area contributed by atoms with E-state index in [4.69, 9.17) is 14.2 Å². The fourth-order valence-corrected chi connectivity index (χ4v) is 2.66. The van der Waals surface area contributed by atoms with Gasteiger partial charge in [-0.3, -0.25) is 4.79 Å². The van der Waals surface area contributed by atoms with Crippen LogP contribution >= 0.6 is 0 Å². The Hall–Kier alpha value is -2.69. The number of hydrogen-bond acceptors (Lipinski definition) is 4. The van der Waals surface area contributed by atoms with Crippen molar-refractivity contribution in [1.29, 1.82) is 0 Å². The molecular weight excluding hydrogens is 318 g/mol. The average molecular weight is 341 g/mol. The van der Waals surface area contributed by atoms with Crippen molar-refractivity contribution in [2.75, 3.05) is 6.79 Å². The van der Waals surface area contributed by atoms with Crippen LogP contribution in [0.5, 0.6) is 17.2 Å². The molecule has 0 fully saturated rings. The van der Waals surface area contributed by atoms with Crippen LogP contribution in [0.25, 0.3) is 0 Å². The van der Waals surface area contributed by atoms with E-state index in [-0.39, 0.29) is 12.7 Å². The van der Waals surface area contributed by atoms with Gasteiger partial charge in [0.25, 0.3) is 5.91 Å². The summed E-state index contributed by atoms with van der Waals surface area (Å²) in [6, 6.07) is 11.6. The molecule has 0 spiro atoms. The standard InChI is InChI=1S/C20H23NO4/c1-4-16(25-18-9-13(2)5-6-14(18)3)20(22)21-11-15-7-8-17-19(10-15)24-12-23-17/h5-10,16H,4,11-12H2,1-3H3,(H,21,22)/t16-/m0/s1. The van der Waals surface area contributed by atoms with Crippen molar-refractivity contribution in [1.82, 2.24) is 5.32 Å². The molecule has 1 aliphatic heterocycles. The monoisotopic (exact) mass is 341 g/mol. The van der Waals surface area contributed by atoms with Gasteiger partial charge >= 0.3 is 0 Å². The zero-order valence-corrected chi connectivity index (χ0v) is 14.8. The van der Waals surface area contributed by atoms with Crippen molar-refractivity contribution in [3.8, 4) is 17.2 Å². The zero-order chi connectivity index (χ0) is 17.8. The Kier molecular flexibility index (Phi) is 5.12. The molecule has 0 aromatic heterocycles. The van der Waals surface area contributed by atoms with Gasteiger partial charge in [0.2, 0.25) is 6.79 Å². The van der Waals surface area contributed by atoms with Crippen LogP contribution in [0.2, 0.25) is 0 Å². The Morgan fingerprint density at radius 2 is 1.96 bits per heavy atom. The number of amides is 1. The molecule has 5 heteroatoms. The second-order valence-corrected chi connectivity index (χ2v) is 6.19. The van der Waals surface area contributed by atoms with E-state index in [0.29, 0.717) is 18.7 Å². The molecule has 0 saturated heterocycles. The number of aryl methyl sites for hydroxylation is 2. The van der Waals surface area contributed by atoms with E-state index in [1.54, 1.807) is 0 Å². The summed E-state index contributed by atoms with van der Waals surface area (Å²) in [4.78, 5) is 12.5. The fraction of sp³-hybridized carbons (Fsp3) is 0.350. The summed E-state index contributed by atoms with van der Waals surface area (Å²) in [5.74, 6) is 2.08. The third-order valence-corrected chi connectivity index (χ3v) is 4.18. The summed E-state index contributed by atoms with van der Waals surface area (Å²) < 4.78 is 16.6. The lowest BCUT2D eigenvalue weighted by atomic mass is 10.1. The van der Waals surface area contributed by atoms with Crippen LogP contribution in [-0.2, 0) is 11.3 Å². The molecular formula is C20H23NO4. The van der Waals surface area contributed by atoms with Gasteiger partial charge in [0.1, 0.15) is 5.75 Å². The number of fused-ring (bicyclic) bond motifs is 1. The van der Waals surface area contributed by atoms with E-state index in [1.807, 2.05) is 57.2 Å². The normalized spacial score (nSPS) is 13.4. The van der Waals surface area contributed by atoms with Crippen LogP contribution in [0, 0.1) is 13.8 Å². The predicted molar refractivity (Wildman–Crippen MR) is 95.0 cm³/mol. The number of nitrogens with one attached hydrogen (secondary N) is 1. The Morgan fingerprint density at radius 1 is 1.16 bits per heavy atom. The average Bonchev–Trinajstić information content (AvgIpc) is 3.08. The molecule has 0 aliphatic carbocycles. The second-order valence-electron chi connectivity index (χ2n) is 6.19. The van der Waals surface area contributed by atoms with Gasteiger partial charge in [-0.15, -0.1) is 0 Å². The van der Waals surface area contributed by atoms with E-state index in [0.717, 1.165) is 28.2 Å². The highest BCUT2D eigenvalue weighted by Gasteiger charge is 2.19. The van der Waals surface area contributed by atoms with Crippen LogP contribution < -0.4 is 19.5 Å². The van der Waals surface area contributed by atoms with E-state index >= 15 is 0 Å². The minimum atomic E-state index is -0.519. The largest absolute Gasteiger partial charge is 0.480 e. The van der Waals surface area contributed by atoms with Gasteiger partial charge in [-0.05, 0) is 55.2 Å². The first kappa shape index (κ1) is 17.1. The molecule has 0 saturated carbocycles. The quantitative estimate of drug-likeness (QED) is 0.874. The molecule has 2 aromatic rings. The van der Waals surface area contributed by atoms with Gasteiger partial charge in [0.15, 0.2) is 17.6 Å². The molecule has 1 amide bonds. The molecule has 5 nitrogen and oxygen atoms in total. The van der Waals surface area contributed by atoms with Crippen molar-refractivity contribution in [3.63, 3.8) is 0 Å². The Labute approximate surface area is 147 Å². The summed E-state index contributed by atoms with van der Waals surface area (Å²) >= 11 is 0. The Balaban J connectivity index is 1.61. The molecule has 1 heterocycles.